The summed E-state index contributed by atoms with van der Waals surface area (Å²) in [5.74, 6) is -4.66. The number of aromatic nitrogens is 1. The molecule has 1 aliphatic heterocycles. The fraction of sp³-hybridized carbons (Fsp3) is 0.375. The molecule has 0 spiro atoms. The number of hydrogen-bond donors (Lipinski definition) is 1. The summed E-state index contributed by atoms with van der Waals surface area (Å²) in [4.78, 5) is 32.2. The molecule has 1 aliphatic carbocycles. The fourth-order valence-corrected chi connectivity index (χ4v) is 6.55. The summed E-state index contributed by atoms with van der Waals surface area (Å²) in [6, 6.07) is 9.91. The number of halogens is 7. The third-order valence-corrected chi connectivity index (χ3v) is 9.54. The Morgan fingerprint density at radius 3 is 2.27 bits per heavy atom. The number of nitrogens with one attached hydrogen (secondary N) is 1. The van der Waals surface area contributed by atoms with Crippen LogP contribution in [0.5, 0.6) is 0 Å². The zero-order chi connectivity index (χ0) is 34.8. The van der Waals surface area contributed by atoms with E-state index in [9.17, 15) is 43.1 Å². The molecule has 2 aromatic carbocycles. The van der Waals surface area contributed by atoms with Crippen LogP contribution in [0.3, 0.4) is 0 Å². The number of likely N-dealkylation sites (tertiary alicyclic amines) is 1. The molecule has 258 valence electrons. The summed E-state index contributed by atoms with van der Waals surface area (Å²) in [6.45, 7) is 0.142. The van der Waals surface area contributed by atoms with Gasteiger partial charge in [0.15, 0.2) is 6.19 Å². The molecule has 0 bridgehead atoms. The summed E-state index contributed by atoms with van der Waals surface area (Å²) >= 11 is 0. The Bertz CT molecular complexity index is 1650. The van der Waals surface area contributed by atoms with Gasteiger partial charge in [0.2, 0.25) is 11.8 Å². The number of anilines is 1. The van der Waals surface area contributed by atoms with Crippen molar-refractivity contribution in [2.24, 2.45) is 0 Å². The van der Waals surface area contributed by atoms with Crippen molar-refractivity contribution in [3.63, 3.8) is 0 Å². The summed E-state index contributed by atoms with van der Waals surface area (Å²) < 4.78 is 102. The number of hydrogen-bond acceptors (Lipinski definition) is 6. The van der Waals surface area contributed by atoms with Crippen LogP contribution in [0.2, 0.25) is 0 Å². The van der Waals surface area contributed by atoms with Crippen LogP contribution in [0.4, 0.5) is 33.9 Å². The number of carbonyl (C=O) groups excluding carboxylic acids is 2. The maximum atomic E-state index is 14.5. The zero-order valence-electron chi connectivity index (χ0n) is 25.3. The van der Waals surface area contributed by atoms with Gasteiger partial charge in [-0.05, 0) is 48.7 Å². The van der Waals surface area contributed by atoms with Gasteiger partial charge < -0.3 is 10.1 Å². The molecule has 2 heterocycles. The molecular formula is C32H32F7N5O3S. The van der Waals surface area contributed by atoms with E-state index in [0.717, 1.165) is 15.4 Å². The highest BCUT2D eigenvalue weighted by molar-refractivity contribution is 8.45. The van der Waals surface area contributed by atoms with Crippen LogP contribution in [-0.2, 0) is 20.9 Å². The number of benzene rings is 2. The third-order valence-electron chi connectivity index (χ3n) is 8.37. The van der Waals surface area contributed by atoms with Crippen molar-refractivity contribution in [3.05, 3.63) is 90.3 Å². The van der Waals surface area contributed by atoms with E-state index in [0.29, 0.717) is 12.1 Å². The number of carbonyl (C=O) groups is 2. The van der Waals surface area contributed by atoms with Gasteiger partial charge >= 0.3 is 10.2 Å². The summed E-state index contributed by atoms with van der Waals surface area (Å²) in [5, 5.41) is 12.6. The number of ether oxygens (including phenoxy) is 1. The van der Waals surface area contributed by atoms with Crippen molar-refractivity contribution in [2.45, 2.75) is 73.8 Å². The van der Waals surface area contributed by atoms with Crippen LogP contribution >= 0.6 is 10.2 Å². The monoisotopic (exact) mass is 699 g/mol. The van der Waals surface area contributed by atoms with Crippen molar-refractivity contribution in [3.8, 4) is 6.19 Å². The van der Waals surface area contributed by atoms with Gasteiger partial charge in [-0.2, -0.15) is 5.26 Å². The highest BCUT2D eigenvalue weighted by Crippen LogP contribution is 3.02. The van der Waals surface area contributed by atoms with Gasteiger partial charge in [0.1, 0.15) is 17.0 Å². The highest BCUT2D eigenvalue weighted by Gasteiger charge is 2.65. The van der Waals surface area contributed by atoms with Gasteiger partial charge in [0.05, 0.1) is 19.3 Å². The van der Waals surface area contributed by atoms with Crippen LogP contribution in [0.25, 0.3) is 0 Å². The number of nitriles is 1. The van der Waals surface area contributed by atoms with Crippen LogP contribution in [-0.4, -0.2) is 52.4 Å². The predicted octanol–water partition coefficient (Wildman–Crippen LogP) is 7.65. The van der Waals surface area contributed by atoms with Gasteiger partial charge in [-0.25, -0.2) is 8.78 Å². The lowest BCUT2D eigenvalue weighted by molar-refractivity contribution is -0.129. The van der Waals surface area contributed by atoms with Crippen molar-refractivity contribution in [2.75, 3.05) is 11.4 Å². The van der Waals surface area contributed by atoms with E-state index in [4.69, 9.17) is 4.74 Å². The van der Waals surface area contributed by atoms with Crippen LogP contribution < -0.4 is 10.2 Å². The van der Waals surface area contributed by atoms with Gasteiger partial charge in [-0.15, -0.1) is 0 Å². The average Bonchev–Trinajstić information content (AvgIpc) is 3.46. The Hall–Kier alpha value is -4.36. The molecule has 1 N–H and O–H groups in total. The SMILES string of the molecule is N#CN1CC(OCc2ccccc2)CC1C(=O)N(c1ccc(S(F)(F)(F)(F)F)cc1)C(C(=O)NC1CCC(F)(F)CC1)c1cccnc1. The molecular weight excluding hydrogens is 667 g/mol. The topological polar surface area (TPSA) is 98.6 Å². The zero-order valence-corrected chi connectivity index (χ0v) is 26.1. The van der Waals surface area contributed by atoms with E-state index in [2.05, 4.69) is 10.3 Å². The Morgan fingerprint density at radius 2 is 1.69 bits per heavy atom. The minimum absolute atomic E-state index is 0.0171. The molecule has 2 aliphatic rings. The second-order valence-electron chi connectivity index (χ2n) is 11.9. The molecule has 1 saturated carbocycles. The Kier molecular flexibility index (Phi) is 9.17. The van der Waals surface area contributed by atoms with Crippen LogP contribution in [0.1, 0.15) is 49.3 Å². The Morgan fingerprint density at radius 1 is 1.02 bits per heavy atom. The summed E-state index contributed by atoms with van der Waals surface area (Å²) in [6.07, 6.45) is 2.74. The van der Waals surface area contributed by atoms with E-state index < -0.39 is 69.9 Å². The predicted molar refractivity (Wildman–Crippen MR) is 163 cm³/mol. The molecule has 2 fully saturated rings. The lowest BCUT2D eigenvalue weighted by Crippen LogP contribution is -2.52. The second-order valence-corrected chi connectivity index (χ2v) is 14.3. The van der Waals surface area contributed by atoms with E-state index in [1.807, 2.05) is 36.5 Å². The standard InChI is InChI=1S/C32H32F7N5O3S/c33-32(34)14-12-24(13-15-32)42-30(45)29(23-7-4-16-41-18-23)44(25-8-10-27(11-9-25)48(35,36,37,38)39)31(46)28-17-26(19-43(28)21-40)47-20-22-5-2-1-3-6-22/h1-11,16,18,24,26,28-29H,12-15,17,19-20H2,(H,42,45). The van der Waals surface area contributed by atoms with E-state index in [1.165, 1.54) is 24.5 Å². The Balaban J connectivity index is 1.52. The smallest absolute Gasteiger partial charge is 0.310 e. The summed E-state index contributed by atoms with van der Waals surface area (Å²) in [5.41, 5.74) is 0.575. The van der Waals surface area contributed by atoms with Crippen molar-refractivity contribution >= 4 is 27.7 Å². The Labute approximate surface area is 272 Å². The molecule has 8 nitrogen and oxygen atoms in total. The quantitative estimate of drug-likeness (QED) is 0.173. The van der Waals surface area contributed by atoms with Crippen molar-refractivity contribution in [1.82, 2.24) is 15.2 Å². The lowest BCUT2D eigenvalue weighted by Gasteiger charge is -2.41. The second kappa shape index (κ2) is 12.6. The first-order valence-electron chi connectivity index (χ1n) is 15.0. The molecule has 48 heavy (non-hydrogen) atoms. The lowest BCUT2D eigenvalue weighted by atomic mass is 9.91. The number of nitrogens with zero attached hydrogens (tertiary/aromatic N) is 4. The summed E-state index contributed by atoms with van der Waals surface area (Å²) in [7, 11) is -10.1. The van der Waals surface area contributed by atoms with Gasteiger partial charge in [0.25, 0.3) is 5.91 Å². The minimum atomic E-state index is -10.1. The molecule has 1 saturated heterocycles. The third kappa shape index (κ3) is 8.37. The minimum Gasteiger partial charge on any atom is -0.372 e. The molecule has 3 aromatic rings. The number of alkyl halides is 2. The van der Waals surface area contributed by atoms with Gasteiger partial charge in [0, 0.05) is 48.9 Å². The molecule has 0 radical (unpaired) electrons. The fourth-order valence-electron chi connectivity index (χ4n) is 5.90. The maximum absolute atomic E-state index is 14.5. The molecule has 5 rings (SSSR count). The maximum Gasteiger partial charge on any atom is 0.310 e. The molecule has 2 amide bonds. The van der Waals surface area contributed by atoms with E-state index in [-0.39, 0.29) is 55.8 Å². The molecule has 16 heteroatoms. The number of pyridine rings is 1. The normalized spacial score (nSPS) is 21.8. The highest BCUT2D eigenvalue weighted by atomic mass is 32.5. The molecule has 1 aromatic heterocycles. The van der Waals surface area contributed by atoms with E-state index >= 15 is 0 Å². The number of rotatable bonds is 10. The number of amides is 2. The first kappa shape index (κ1) is 35.0. The largest absolute Gasteiger partial charge is 0.372 e. The van der Waals surface area contributed by atoms with Crippen LogP contribution in [0, 0.1) is 11.5 Å². The molecule has 3 atom stereocenters. The van der Waals surface area contributed by atoms with Gasteiger partial charge in [-0.3, -0.25) is 24.4 Å². The molecule has 3 unspecified atom stereocenters. The van der Waals surface area contributed by atoms with Crippen LogP contribution in [0.15, 0.2) is 84.0 Å². The van der Waals surface area contributed by atoms with Crippen molar-refractivity contribution < 1.29 is 42.5 Å². The average molecular weight is 700 g/mol. The van der Waals surface area contributed by atoms with Crippen molar-refractivity contribution in [1.29, 1.82) is 5.26 Å². The van der Waals surface area contributed by atoms with Gasteiger partial charge in [-0.1, -0.05) is 55.8 Å². The first-order chi connectivity index (χ1) is 22.4. The van der Waals surface area contributed by atoms with E-state index in [1.54, 1.807) is 0 Å². The first-order valence-corrected chi connectivity index (χ1v) is 17.0.